The molecule has 0 saturated carbocycles. The summed E-state index contributed by atoms with van der Waals surface area (Å²) in [4.78, 5) is 15.6. The molecule has 0 aliphatic rings. The Morgan fingerprint density at radius 3 is 2.63 bits per heavy atom. The molecule has 2 heterocycles. The van der Waals surface area contributed by atoms with Crippen molar-refractivity contribution in [2.45, 2.75) is 32.9 Å². The van der Waals surface area contributed by atoms with E-state index in [9.17, 15) is 18.0 Å². The molecule has 0 unspecified atom stereocenters. The van der Waals surface area contributed by atoms with Crippen LogP contribution in [0.1, 0.15) is 25.2 Å². The zero-order chi connectivity index (χ0) is 14.2. The van der Waals surface area contributed by atoms with Gasteiger partial charge in [-0.2, -0.15) is 13.2 Å². The van der Waals surface area contributed by atoms with Gasteiger partial charge in [-0.3, -0.25) is 9.89 Å². The number of nitrogens with zero attached hydrogens (tertiary/aromatic N) is 2. The number of aromatic amines is 1. The lowest BCUT2D eigenvalue weighted by Crippen LogP contribution is -2.16. The number of H-pyrrole nitrogens is 1. The number of hydrogen-bond acceptors (Lipinski definition) is 2. The highest BCUT2D eigenvalue weighted by atomic mass is 19.4. The van der Waals surface area contributed by atoms with Crippen molar-refractivity contribution in [3.05, 3.63) is 33.9 Å². The topological polar surface area (TPSA) is 50.2 Å². The van der Waals surface area contributed by atoms with E-state index in [4.69, 9.17) is 0 Å². The van der Waals surface area contributed by atoms with Gasteiger partial charge in [0, 0.05) is 6.07 Å². The van der Waals surface area contributed by atoms with Crippen molar-refractivity contribution in [1.82, 2.24) is 14.6 Å². The Hall–Kier alpha value is -1.79. The van der Waals surface area contributed by atoms with Crippen LogP contribution in [0.25, 0.3) is 5.65 Å². The molecule has 0 radical (unpaired) electrons. The summed E-state index contributed by atoms with van der Waals surface area (Å²) in [6.45, 7) is 4.00. The van der Waals surface area contributed by atoms with Gasteiger partial charge in [0.05, 0.1) is 0 Å². The van der Waals surface area contributed by atoms with E-state index >= 15 is 0 Å². The van der Waals surface area contributed by atoms with Gasteiger partial charge in [0.1, 0.15) is 12.2 Å². The summed E-state index contributed by atoms with van der Waals surface area (Å²) in [5.41, 5.74) is 0.613. The van der Waals surface area contributed by atoms with Crippen LogP contribution in [-0.4, -0.2) is 20.8 Å². The van der Waals surface area contributed by atoms with E-state index < -0.39 is 18.2 Å². The lowest BCUT2D eigenvalue weighted by Gasteiger charge is -2.03. The van der Waals surface area contributed by atoms with Crippen molar-refractivity contribution in [3.8, 4) is 0 Å². The molecule has 0 amide bonds. The molecule has 1 N–H and O–H groups in total. The molecule has 0 aromatic carbocycles. The van der Waals surface area contributed by atoms with Crippen LogP contribution in [0.15, 0.2) is 16.9 Å². The summed E-state index contributed by atoms with van der Waals surface area (Å²) in [5.74, 6) is 0.0988. The van der Waals surface area contributed by atoms with E-state index in [1.54, 1.807) is 6.07 Å². The predicted molar refractivity (Wildman–Crippen MR) is 64.1 cm³/mol. The average Bonchev–Trinajstić information content (AvgIpc) is 2.56. The number of pyridine rings is 1. The highest BCUT2D eigenvalue weighted by Gasteiger charge is 2.29. The van der Waals surface area contributed by atoms with Gasteiger partial charge in [-0.25, -0.2) is 9.50 Å². The van der Waals surface area contributed by atoms with Gasteiger partial charge in [-0.1, -0.05) is 13.8 Å². The van der Waals surface area contributed by atoms with Gasteiger partial charge in [0.25, 0.3) is 5.56 Å². The molecule has 0 aliphatic heterocycles. The lowest BCUT2D eigenvalue weighted by atomic mass is 10.0. The fourth-order valence-corrected chi connectivity index (χ4v) is 1.95. The molecule has 0 spiro atoms. The van der Waals surface area contributed by atoms with E-state index in [-0.39, 0.29) is 11.5 Å². The quantitative estimate of drug-likeness (QED) is 0.933. The minimum absolute atomic E-state index is 0.224. The third-order valence-electron chi connectivity index (χ3n) is 2.58. The number of hydrogen-bond donors (Lipinski definition) is 1. The summed E-state index contributed by atoms with van der Waals surface area (Å²) in [7, 11) is 0. The van der Waals surface area contributed by atoms with Crippen LogP contribution in [0.2, 0.25) is 0 Å². The molecule has 0 atom stereocenters. The van der Waals surface area contributed by atoms with Crippen LogP contribution in [0, 0.1) is 5.92 Å². The Labute approximate surface area is 107 Å². The molecule has 4 nitrogen and oxygen atoms in total. The maximum atomic E-state index is 12.3. The highest BCUT2D eigenvalue weighted by Crippen LogP contribution is 2.19. The Morgan fingerprint density at radius 1 is 1.37 bits per heavy atom. The fourth-order valence-electron chi connectivity index (χ4n) is 1.95. The first-order valence-electron chi connectivity index (χ1n) is 5.92. The summed E-state index contributed by atoms with van der Waals surface area (Å²) in [6, 6.07) is 3.06. The van der Waals surface area contributed by atoms with Crippen LogP contribution < -0.4 is 5.56 Å². The van der Waals surface area contributed by atoms with Gasteiger partial charge in [0.15, 0.2) is 5.65 Å². The average molecular weight is 273 g/mol. The van der Waals surface area contributed by atoms with Gasteiger partial charge in [0.2, 0.25) is 0 Å². The summed E-state index contributed by atoms with van der Waals surface area (Å²) in [6.07, 6.45) is -4.83. The normalized spacial score (nSPS) is 12.5. The Morgan fingerprint density at radius 2 is 2.05 bits per heavy atom. The van der Waals surface area contributed by atoms with Gasteiger partial charge >= 0.3 is 6.18 Å². The SMILES string of the molecule is CC(C)Cc1cc(=O)n2[nH]c(CC(F)(F)F)nc2c1. The van der Waals surface area contributed by atoms with Gasteiger partial charge in [-0.15, -0.1) is 0 Å². The molecule has 2 rings (SSSR count). The zero-order valence-electron chi connectivity index (χ0n) is 10.6. The first-order valence-corrected chi connectivity index (χ1v) is 5.92. The molecule has 104 valence electrons. The van der Waals surface area contributed by atoms with Crippen molar-refractivity contribution < 1.29 is 13.2 Å². The van der Waals surface area contributed by atoms with E-state index in [1.807, 2.05) is 13.8 Å². The minimum Gasteiger partial charge on any atom is -0.276 e. The van der Waals surface area contributed by atoms with E-state index in [2.05, 4.69) is 10.1 Å². The van der Waals surface area contributed by atoms with Crippen molar-refractivity contribution in [3.63, 3.8) is 0 Å². The predicted octanol–water partition coefficient (Wildman–Crippen LogP) is 2.33. The summed E-state index contributed by atoms with van der Waals surface area (Å²) < 4.78 is 37.9. The van der Waals surface area contributed by atoms with Crippen LogP contribution in [0.3, 0.4) is 0 Å². The number of aromatic nitrogens is 3. The molecule has 2 aromatic rings. The first kappa shape index (κ1) is 13.6. The van der Waals surface area contributed by atoms with Gasteiger partial charge in [-0.05, 0) is 24.0 Å². The van der Waals surface area contributed by atoms with Gasteiger partial charge < -0.3 is 0 Å². The maximum absolute atomic E-state index is 12.3. The van der Waals surface area contributed by atoms with Crippen LogP contribution >= 0.6 is 0 Å². The molecular weight excluding hydrogens is 259 g/mol. The van der Waals surface area contributed by atoms with E-state index in [0.717, 1.165) is 10.1 Å². The van der Waals surface area contributed by atoms with Crippen molar-refractivity contribution >= 4 is 5.65 Å². The van der Waals surface area contributed by atoms with Crippen LogP contribution in [-0.2, 0) is 12.8 Å². The Bertz CT molecular complexity index is 640. The molecule has 2 aromatic heterocycles. The smallest absolute Gasteiger partial charge is 0.276 e. The van der Waals surface area contributed by atoms with Crippen molar-refractivity contribution in [1.29, 1.82) is 0 Å². The maximum Gasteiger partial charge on any atom is 0.396 e. The number of halogens is 3. The molecule has 0 saturated heterocycles. The van der Waals surface area contributed by atoms with E-state index in [1.165, 1.54) is 6.07 Å². The monoisotopic (exact) mass is 273 g/mol. The number of alkyl halides is 3. The number of nitrogens with one attached hydrogen (secondary N) is 1. The zero-order valence-corrected chi connectivity index (χ0v) is 10.6. The third kappa shape index (κ3) is 3.36. The van der Waals surface area contributed by atoms with Crippen molar-refractivity contribution in [2.24, 2.45) is 5.92 Å². The third-order valence-corrected chi connectivity index (χ3v) is 2.58. The first-order chi connectivity index (χ1) is 8.74. The molecule has 0 fully saturated rings. The van der Waals surface area contributed by atoms with E-state index in [0.29, 0.717) is 12.3 Å². The van der Waals surface area contributed by atoms with Crippen LogP contribution in [0.4, 0.5) is 13.2 Å². The summed E-state index contributed by atoms with van der Waals surface area (Å²) >= 11 is 0. The Balaban J connectivity index is 2.42. The molecule has 0 aliphatic carbocycles. The highest BCUT2D eigenvalue weighted by molar-refractivity contribution is 5.40. The number of rotatable bonds is 3. The largest absolute Gasteiger partial charge is 0.396 e. The van der Waals surface area contributed by atoms with Crippen LogP contribution in [0.5, 0.6) is 0 Å². The summed E-state index contributed by atoms with van der Waals surface area (Å²) in [5, 5.41) is 2.37. The van der Waals surface area contributed by atoms with Crippen molar-refractivity contribution in [2.75, 3.05) is 0 Å². The second-order valence-electron chi connectivity index (χ2n) is 4.96. The minimum atomic E-state index is -4.35. The molecule has 7 heteroatoms. The Kier molecular flexibility index (Phi) is 3.38. The molecule has 19 heavy (non-hydrogen) atoms. The standard InChI is InChI=1S/C12H14F3N3O/c1-7(2)3-8-4-10-16-9(6-12(13,14)15)17-18(10)11(19)5-8/h4-5,7H,3,6H2,1-2H3,(H,16,17). The lowest BCUT2D eigenvalue weighted by molar-refractivity contribution is -0.128. The second-order valence-corrected chi connectivity index (χ2v) is 4.96. The molecular formula is C12H14F3N3O. The molecule has 0 bridgehead atoms. The fraction of sp³-hybridized carbons (Fsp3) is 0.500. The number of fused-ring (bicyclic) bond motifs is 1. The second kappa shape index (κ2) is 4.71.